The van der Waals surface area contributed by atoms with Crippen LogP contribution in [0.5, 0.6) is 0 Å². The minimum Gasteiger partial charge on any atom is -0.296 e. The number of fused-ring (bicyclic) bond motifs is 1. The first kappa shape index (κ1) is 10.4. The number of ketones is 1. The summed E-state index contributed by atoms with van der Waals surface area (Å²) >= 11 is 3.27. The number of rotatable bonds is 3. The van der Waals surface area contributed by atoms with Crippen LogP contribution >= 0.6 is 23.1 Å². The Hall–Kier alpha value is -1.07. The highest BCUT2D eigenvalue weighted by atomic mass is 32.2. The lowest BCUT2D eigenvalue weighted by molar-refractivity contribution is 0.104. The van der Waals surface area contributed by atoms with Crippen LogP contribution in [-0.2, 0) is 0 Å². The fraction of sp³-hybridized carbons (Fsp3) is 0.200. The lowest BCUT2D eigenvalue weighted by atomic mass is 10.3. The van der Waals surface area contributed by atoms with Crippen LogP contribution in [0.15, 0.2) is 28.8 Å². The van der Waals surface area contributed by atoms with Gasteiger partial charge in [0.2, 0.25) is 5.78 Å². The molecule has 5 heteroatoms. The average molecular weight is 238 g/mol. The van der Waals surface area contributed by atoms with Crippen LogP contribution < -0.4 is 0 Å². The third kappa shape index (κ3) is 1.98. The van der Waals surface area contributed by atoms with Gasteiger partial charge in [0.05, 0.1) is 4.21 Å². The summed E-state index contributed by atoms with van der Waals surface area (Å²) in [6.45, 7) is 1.82. The van der Waals surface area contributed by atoms with E-state index in [1.54, 1.807) is 35.4 Å². The monoisotopic (exact) mass is 238 g/mol. The van der Waals surface area contributed by atoms with E-state index in [1.807, 2.05) is 23.8 Å². The first-order chi connectivity index (χ1) is 7.24. The van der Waals surface area contributed by atoms with E-state index in [1.165, 1.54) is 10.3 Å². The highest BCUT2D eigenvalue weighted by Crippen LogP contribution is 2.25. The maximum Gasteiger partial charge on any atom is 0.205 e. The molecule has 0 fully saturated rings. The van der Waals surface area contributed by atoms with E-state index in [2.05, 4.69) is 4.98 Å². The Kier molecular flexibility index (Phi) is 2.93. The molecule has 0 saturated heterocycles. The van der Waals surface area contributed by atoms with Crippen molar-refractivity contribution in [2.24, 2.45) is 0 Å². The minimum absolute atomic E-state index is 0.0425. The second-order valence-electron chi connectivity index (χ2n) is 2.93. The van der Waals surface area contributed by atoms with Crippen LogP contribution in [0.25, 0.3) is 4.96 Å². The van der Waals surface area contributed by atoms with Crippen LogP contribution in [0.2, 0.25) is 0 Å². The summed E-state index contributed by atoms with van der Waals surface area (Å²) in [6.07, 6.45) is 9.04. The topological polar surface area (TPSA) is 34.4 Å². The summed E-state index contributed by atoms with van der Waals surface area (Å²) in [6, 6.07) is 0. The number of carbonyl (C=O) groups is 1. The molecule has 2 rings (SSSR count). The van der Waals surface area contributed by atoms with Crippen LogP contribution in [0.4, 0.5) is 0 Å². The normalized spacial score (nSPS) is 11.6. The maximum absolute atomic E-state index is 11.5. The van der Waals surface area contributed by atoms with Crippen LogP contribution in [0.1, 0.15) is 17.4 Å². The quantitative estimate of drug-likeness (QED) is 0.468. The van der Waals surface area contributed by atoms with E-state index < -0.39 is 0 Å². The Morgan fingerprint density at radius 1 is 1.60 bits per heavy atom. The zero-order valence-electron chi connectivity index (χ0n) is 8.43. The number of allylic oxidation sites excluding steroid dienone is 2. The van der Waals surface area contributed by atoms with E-state index in [4.69, 9.17) is 0 Å². The lowest BCUT2D eigenvalue weighted by Crippen LogP contribution is -1.93. The second kappa shape index (κ2) is 4.20. The highest BCUT2D eigenvalue weighted by Gasteiger charge is 2.09. The number of carbonyl (C=O) groups excluding carboxylic acids is 1. The molecule has 0 atom stereocenters. The molecule has 2 heterocycles. The van der Waals surface area contributed by atoms with Gasteiger partial charge in [0.1, 0.15) is 5.69 Å². The molecular weight excluding hydrogens is 228 g/mol. The third-order valence-electron chi connectivity index (χ3n) is 1.91. The molecule has 2 aromatic heterocycles. The van der Waals surface area contributed by atoms with E-state index in [0.29, 0.717) is 5.69 Å². The van der Waals surface area contributed by atoms with Crippen molar-refractivity contribution in [1.82, 2.24) is 9.38 Å². The number of aromatic nitrogens is 2. The van der Waals surface area contributed by atoms with Crippen molar-refractivity contribution in [2.45, 2.75) is 11.1 Å². The molecule has 0 aromatic carbocycles. The predicted octanol–water partition coefficient (Wildman–Crippen LogP) is 2.88. The van der Waals surface area contributed by atoms with Gasteiger partial charge in [-0.1, -0.05) is 17.4 Å². The van der Waals surface area contributed by atoms with Gasteiger partial charge in [-0.15, -0.1) is 11.8 Å². The SMILES string of the molecule is CC=CC(=O)c1cn2cc(SC)sc2n1. The Balaban J connectivity index is 2.40. The van der Waals surface area contributed by atoms with Gasteiger partial charge < -0.3 is 0 Å². The van der Waals surface area contributed by atoms with Gasteiger partial charge in [-0.05, 0) is 19.3 Å². The van der Waals surface area contributed by atoms with Crippen molar-refractivity contribution in [3.05, 3.63) is 30.2 Å². The van der Waals surface area contributed by atoms with Crippen molar-refractivity contribution in [2.75, 3.05) is 6.26 Å². The summed E-state index contributed by atoms with van der Waals surface area (Å²) in [5.74, 6) is -0.0425. The van der Waals surface area contributed by atoms with Gasteiger partial charge in [0.15, 0.2) is 4.96 Å². The summed E-state index contributed by atoms with van der Waals surface area (Å²) in [7, 11) is 0. The summed E-state index contributed by atoms with van der Waals surface area (Å²) in [5, 5.41) is 0. The second-order valence-corrected chi connectivity index (χ2v) is 5.05. The Morgan fingerprint density at radius 2 is 2.40 bits per heavy atom. The molecule has 0 unspecified atom stereocenters. The molecule has 0 saturated carbocycles. The van der Waals surface area contributed by atoms with Crippen molar-refractivity contribution in [3.8, 4) is 0 Å². The van der Waals surface area contributed by atoms with E-state index >= 15 is 0 Å². The standard InChI is InChI=1S/C10H10N2OS2/c1-3-4-8(13)7-5-12-6-9(14-2)15-10(12)11-7/h3-6H,1-2H3. The van der Waals surface area contributed by atoms with E-state index in [-0.39, 0.29) is 5.78 Å². The Labute approximate surface area is 95.8 Å². The molecule has 2 aromatic rings. The van der Waals surface area contributed by atoms with Gasteiger partial charge in [0, 0.05) is 12.4 Å². The molecule has 0 bridgehead atoms. The molecule has 15 heavy (non-hydrogen) atoms. The number of thiazole rings is 1. The summed E-state index contributed by atoms with van der Waals surface area (Å²) in [5.41, 5.74) is 0.506. The average Bonchev–Trinajstić information content (AvgIpc) is 2.74. The van der Waals surface area contributed by atoms with Crippen LogP contribution in [-0.4, -0.2) is 21.4 Å². The van der Waals surface area contributed by atoms with Crippen molar-refractivity contribution in [1.29, 1.82) is 0 Å². The molecule has 0 spiro atoms. The zero-order chi connectivity index (χ0) is 10.8. The zero-order valence-corrected chi connectivity index (χ0v) is 10.1. The minimum atomic E-state index is -0.0425. The summed E-state index contributed by atoms with van der Waals surface area (Å²) < 4.78 is 3.09. The first-order valence-corrected chi connectivity index (χ1v) is 6.48. The molecule has 0 aliphatic rings. The molecule has 0 aliphatic heterocycles. The number of thioether (sulfide) groups is 1. The molecule has 3 nitrogen and oxygen atoms in total. The van der Waals surface area contributed by atoms with Gasteiger partial charge in [-0.3, -0.25) is 9.20 Å². The summed E-state index contributed by atoms with van der Waals surface area (Å²) in [4.78, 5) is 16.6. The molecule has 78 valence electrons. The third-order valence-corrected chi connectivity index (χ3v) is 3.96. The van der Waals surface area contributed by atoms with Crippen LogP contribution in [0, 0.1) is 0 Å². The van der Waals surface area contributed by atoms with Crippen molar-refractivity contribution in [3.63, 3.8) is 0 Å². The first-order valence-electron chi connectivity index (χ1n) is 4.44. The molecular formula is C10H10N2OS2. The lowest BCUT2D eigenvalue weighted by Gasteiger charge is -1.85. The van der Waals surface area contributed by atoms with E-state index in [9.17, 15) is 4.79 Å². The van der Waals surface area contributed by atoms with Gasteiger partial charge in [0.25, 0.3) is 0 Å². The predicted molar refractivity (Wildman–Crippen MR) is 64.0 cm³/mol. The van der Waals surface area contributed by atoms with Crippen LogP contribution in [0.3, 0.4) is 0 Å². The largest absolute Gasteiger partial charge is 0.296 e. The Bertz CT molecular complexity index is 493. The number of nitrogens with zero attached hydrogens (tertiary/aromatic N) is 2. The molecule has 0 radical (unpaired) electrons. The fourth-order valence-corrected chi connectivity index (χ4v) is 2.70. The van der Waals surface area contributed by atoms with Gasteiger partial charge in [-0.2, -0.15) is 0 Å². The highest BCUT2D eigenvalue weighted by molar-refractivity contribution is 8.00. The number of imidazole rings is 1. The van der Waals surface area contributed by atoms with E-state index in [0.717, 1.165) is 4.96 Å². The van der Waals surface area contributed by atoms with Gasteiger partial charge in [-0.25, -0.2) is 4.98 Å². The number of hydrogen-bond donors (Lipinski definition) is 0. The van der Waals surface area contributed by atoms with Gasteiger partial charge >= 0.3 is 0 Å². The smallest absolute Gasteiger partial charge is 0.205 e. The maximum atomic E-state index is 11.5. The van der Waals surface area contributed by atoms with Crippen molar-refractivity contribution >= 4 is 33.8 Å². The Morgan fingerprint density at radius 3 is 3.00 bits per heavy atom. The molecule has 0 aliphatic carbocycles. The number of hydrogen-bond acceptors (Lipinski definition) is 4. The fourth-order valence-electron chi connectivity index (χ4n) is 1.22. The molecule has 0 N–H and O–H groups in total. The van der Waals surface area contributed by atoms with Crippen molar-refractivity contribution < 1.29 is 4.79 Å². The molecule has 0 amide bonds.